The van der Waals surface area contributed by atoms with E-state index in [4.69, 9.17) is 11.6 Å². The smallest absolute Gasteiger partial charge is 0.323 e. The zero-order valence-corrected chi connectivity index (χ0v) is 18.5. The minimum Gasteiger partial charge on any atom is -0.355 e. The summed E-state index contributed by atoms with van der Waals surface area (Å²) in [6, 6.07) is 16.6. The minimum absolute atomic E-state index is 0.330. The summed E-state index contributed by atoms with van der Waals surface area (Å²) < 4.78 is 0. The molecule has 2 amide bonds. The Labute approximate surface area is 187 Å². The SMILES string of the molecule is Cc1ccc(Cl)cc1NC(=O)Nc1cccc(-c2ccc(N3CCC(C)CC3)nn2)c1. The van der Waals surface area contributed by atoms with Crippen LogP contribution < -0.4 is 15.5 Å². The van der Waals surface area contributed by atoms with Crippen LogP contribution in [-0.4, -0.2) is 29.3 Å². The summed E-state index contributed by atoms with van der Waals surface area (Å²) in [4.78, 5) is 14.7. The van der Waals surface area contributed by atoms with Gasteiger partial charge < -0.3 is 15.5 Å². The topological polar surface area (TPSA) is 70.2 Å². The number of aryl methyl sites for hydroxylation is 1. The summed E-state index contributed by atoms with van der Waals surface area (Å²) in [6.45, 7) is 6.26. The summed E-state index contributed by atoms with van der Waals surface area (Å²) >= 11 is 6.03. The lowest BCUT2D eigenvalue weighted by molar-refractivity contribution is 0.262. The number of amides is 2. The first-order valence-electron chi connectivity index (χ1n) is 10.5. The maximum atomic E-state index is 12.4. The molecule has 31 heavy (non-hydrogen) atoms. The molecule has 4 rings (SSSR count). The average Bonchev–Trinajstić information content (AvgIpc) is 2.77. The van der Waals surface area contributed by atoms with Crippen LogP contribution in [-0.2, 0) is 0 Å². The molecule has 2 heterocycles. The van der Waals surface area contributed by atoms with Gasteiger partial charge in [-0.15, -0.1) is 10.2 Å². The molecule has 7 heteroatoms. The van der Waals surface area contributed by atoms with Crippen LogP contribution in [0.25, 0.3) is 11.3 Å². The van der Waals surface area contributed by atoms with Crippen molar-refractivity contribution < 1.29 is 4.79 Å². The Morgan fingerprint density at radius 3 is 2.58 bits per heavy atom. The molecule has 0 aliphatic carbocycles. The second-order valence-electron chi connectivity index (χ2n) is 8.07. The van der Waals surface area contributed by atoms with Crippen molar-refractivity contribution in [1.82, 2.24) is 10.2 Å². The van der Waals surface area contributed by atoms with Crippen LogP contribution in [0.4, 0.5) is 22.0 Å². The Kier molecular flexibility index (Phi) is 6.37. The van der Waals surface area contributed by atoms with Gasteiger partial charge in [0.25, 0.3) is 0 Å². The van der Waals surface area contributed by atoms with Gasteiger partial charge in [-0.1, -0.05) is 36.7 Å². The normalized spacial score (nSPS) is 14.4. The van der Waals surface area contributed by atoms with Gasteiger partial charge in [0.05, 0.1) is 5.69 Å². The number of piperidine rings is 1. The van der Waals surface area contributed by atoms with Gasteiger partial charge in [0.1, 0.15) is 0 Å². The van der Waals surface area contributed by atoms with Crippen LogP contribution in [0.2, 0.25) is 5.02 Å². The Morgan fingerprint density at radius 1 is 1.03 bits per heavy atom. The van der Waals surface area contributed by atoms with E-state index in [-0.39, 0.29) is 6.03 Å². The first-order valence-corrected chi connectivity index (χ1v) is 10.9. The van der Waals surface area contributed by atoms with Crippen LogP contribution >= 0.6 is 11.6 Å². The molecule has 1 aliphatic rings. The number of anilines is 3. The van der Waals surface area contributed by atoms with E-state index >= 15 is 0 Å². The fourth-order valence-electron chi connectivity index (χ4n) is 3.66. The number of rotatable bonds is 4. The number of nitrogens with zero attached hydrogens (tertiary/aromatic N) is 3. The van der Waals surface area contributed by atoms with Crippen LogP contribution in [0.1, 0.15) is 25.3 Å². The van der Waals surface area contributed by atoms with Crippen LogP contribution in [0, 0.1) is 12.8 Å². The predicted molar refractivity (Wildman–Crippen MR) is 127 cm³/mol. The molecule has 0 saturated carbocycles. The number of halogens is 1. The molecule has 0 unspecified atom stereocenters. The zero-order valence-electron chi connectivity index (χ0n) is 17.7. The van der Waals surface area contributed by atoms with E-state index in [0.29, 0.717) is 16.4 Å². The fraction of sp³-hybridized carbons (Fsp3) is 0.292. The molecule has 2 aromatic carbocycles. The van der Waals surface area contributed by atoms with Gasteiger partial charge in [-0.3, -0.25) is 0 Å². The maximum Gasteiger partial charge on any atom is 0.323 e. The fourth-order valence-corrected chi connectivity index (χ4v) is 3.83. The van der Waals surface area contributed by atoms with Gasteiger partial charge in [0.2, 0.25) is 0 Å². The molecule has 1 aromatic heterocycles. The van der Waals surface area contributed by atoms with E-state index in [1.807, 2.05) is 49.4 Å². The average molecular weight is 436 g/mol. The molecule has 160 valence electrons. The van der Waals surface area contributed by atoms with E-state index in [1.165, 1.54) is 12.8 Å². The van der Waals surface area contributed by atoms with E-state index in [0.717, 1.165) is 41.6 Å². The number of carbonyl (C=O) groups is 1. The zero-order chi connectivity index (χ0) is 21.8. The highest BCUT2D eigenvalue weighted by Crippen LogP contribution is 2.25. The Balaban J connectivity index is 1.43. The molecule has 6 nitrogen and oxygen atoms in total. The minimum atomic E-state index is -0.330. The van der Waals surface area contributed by atoms with Crippen LogP contribution in [0.5, 0.6) is 0 Å². The maximum absolute atomic E-state index is 12.4. The molecule has 1 fully saturated rings. The number of carbonyl (C=O) groups excluding carboxylic acids is 1. The number of nitrogens with one attached hydrogen (secondary N) is 2. The first kappa shape index (κ1) is 21.1. The lowest BCUT2D eigenvalue weighted by Crippen LogP contribution is -2.33. The summed E-state index contributed by atoms with van der Waals surface area (Å²) in [6.07, 6.45) is 2.38. The molecule has 0 atom stereocenters. The molecule has 1 aliphatic heterocycles. The second-order valence-corrected chi connectivity index (χ2v) is 8.50. The Bertz CT molecular complexity index is 1060. The van der Waals surface area contributed by atoms with Crippen LogP contribution in [0.3, 0.4) is 0 Å². The number of aromatic nitrogens is 2. The number of hydrogen-bond donors (Lipinski definition) is 2. The van der Waals surface area contributed by atoms with E-state index in [2.05, 4.69) is 32.7 Å². The third-order valence-electron chi connectivity index (χ3n) is 5.62. The van der Waals surface area contributed by atoms with Crippen molar-refractivity contribution in [3.8, 4) is 11.3 Å². The molecule has 0 bridgehead atoms. The van der Waals surface area contributed by atoms with E-state index < -0.39 is 0 Å². The third-order valence-corrected chi connectivity index (χ3v) is 5.86. The standard InChI is InChI=1S/C24H26ClN5O/c1-16-10-12-30(13-11-16)23-9-8-21(28-29-23)18-4-3-5-20(14-18)26-24(31)27-22-15-19(25)7-6-17(22)2/h3-9,14-16H,10-13H2,1-2H3,(H2,26,27,31). The van der Waals surface area contributed by atoms with Gasteiger partial charge in [0.15, 0.2) is 5.82 Å². The highest BCUT2D eigenvalue weighted by molar-refractivity contribution is 6.31. The van der Waals surface area contributed by atoms with Gasteiger partial charge >= 0.3 is 6.03 Å². The van der Waals surface area contributed by atoms with Gasteiger partial charge in [-0.25, -0.2) is 4.79 Å². The molecule has 3 aromatic rings. The van der Waals surface area contributed by atoms with E-state index in [9.17, 15) is 4.79 Å². The van der Waals surface area contributed by atoms with Crippen molar-refractivity contribution >= 4 is 34.8 Å². The van der Waals surface area contributed by atoms with Crippen molar-refractivity contribution in [3.05, 3.63) is 65.2 Å². The highest BCUT2D eigenvalue weighted by atomic mass is 35.5. The molecular weight excluding hydrogens is 410 g/mol. The highest BCUT2D eigenvalue weighted by Gasteiger charge is 2.17. The molecule has 0 radical (unpaired) electrons. The Hall–Kier alpha value is -3.12. The summed E-state index contributed by atoms with van der Waals surface area (Å²) in [7, 11) is 0. The molecular formula is C24H26ClN5O. The molecule has 1 saturated heterocycles. The monoisotopic (exact) mass is 435 g/mol. The van der Waals surface area contributed by atoms with Gasteiger partial charge in [-0.05, 0) is 67.6 Å². The van der Waals surface area contributed by atoms with E-state index in [1.54, 1.807) is 12.1 Å². The van der Waals surface area contributed by atoms with Gasteiger partial charge in [0, 0.05) is 35.1 Å². The van der Waals surface area contributed by atoms with Crippen molar-refractivity contribution in [2.75, 3.05) is 28.6 Å². The number of urea groups is 1. The Morgan fingerprint density at radius 2 is 1.84 bits per heavy atom. The molecule has 2 N–H and O–H groups in total. The lowest BCUT2D eigenvalue weighted by Gasteiger charge is -2.30. The quantitative estimate of drug-likeness (QED) is 0.528. The first-order chi connectivity index (χ1) is 15.0. The van der Waals surface area contributed by atoms with Crippen molar-refractivity contribution in [2.45, 2.75) is 26.7 Å². The summed E-state index contributed by atoms with van der Waals surface area (Å²) in [5, 5.41) is 15.1. The molecule has 0 spiro atoms. The van der Waals surface area contributed by atoms with Crippen molar-refractivity contribution in [2.24, 2.45) is 5.92 Å². The van der Waals surface area contributed by atoms with Crippen molar-refractivity contribution in [3.63, 3.8) is 0 Å². The summed E-state index contributed by atoms with van der Waals surface area (Å²) in [5.41, 5.74) is 3.94. The third kappa shape index (κ3) is 5.33. The van der Waals surface area contributed by atoms with Gasteiger partial charge in [-0.2, -0.15) is 0 Å². The number of hydrogen-bond acceptors (Lipinski definition) is 4. The van der Waals surface area contributed by atoms with Crippen molar-refractivity contribution in [1.29, 1.82) is 0 Å². The van der Waals surface area contributed by atoms with Crippen LogP contribution in [0.15, 0.2) is 54.6 Å². The largest absolute Gasteiger partial charge is 0.355 e. The number of benzene rings is 2. The second kappa shape index (κ2) is 9.35. The lowest BCUT2D eigenvalue weighted by atomic mass is 9.99. The summed E-state index contributed by atoms with van der Waals surface area (Å²) in [5.74, 6) is 1.69. The predicted octanol–water partition coefficient (Wildman–Crippen LogP) is 5.99.